The van der Waals surface area contributed by atoms with E-state index in [0.717, 1.165) is 5.56 Å². The second-order valence-corrected chi connectivity index (χ2v) is 4.17. The molecule has 0 aliphatic heterocycles. The number of nitrogens with two attached hydrogens (primary N) is 1. The fourth-order valence-corrected chi connectivity index (χ4v) is 1.63. The Hall–Kier alpha value is -2.36. The number of ether oxygens (including phenoxy) is 1. The Bertz CT molecular complexity index is 567. The molecule has 0 atom stereocenters. The van der Waals surface area contributed by atoms with E-state index in [1.54, 1.807) is 42.5 Å². The Kier molecular flexibility index (Phi) is 4.13. The number of halogens is 1. The van der Waals surface area contributed by atoms with Gasteiger partial charge in [-0.1, -0.05) is 30.3 Å². The number of benzene rings is 2. The number of nitrogen functional groups attached to an aromatic ring is 1. The lowest BCUT2D eigenvalue weighted by atomic mass is 10.1. The average molecular weight is 259 g/mol. The quantitative estimate of drug-likeness (QED) is 0.678. The first-order valence-corrected chi connectivity index (χ1v) is 5.88. The van der Waals surface area contributed by atoms with Crippen LogP contribution in [0.5, 0.6) is 0 Å². The minimum absolute atomic E-state index is 0.0551. The molecule has 0 saturated heterocycles. The second kappa shape index (κ2) is 6.00. The molecule has 0 fully saturated rings. The Morgan fingerprint density at radius 2 is 1.79 bits per heavy atom. The van der Waals surface area contributed by atoms with Crippen molar-refractivity contribution in [2.75, 3.05) is 5.73 Å². The molecule has 0 radical (unpaired) electrons. The molecule has 0 unspecified atom stereocenters. The Balaban J connectivity index is 1.88. The van der Waals surface area contributed by atoms with Crippen LogP contribution >= 0.6 is 0 Å². The number of rotatable bonds is 4. The number of carbonyl (C=O) groups excluding carboxylic acids is 1. The summed E-state index contributed by atoms with van der Waals surface area (Å²) in [6, 6.07) is 13.2. The highest BCUT2D eigenvalue weighted by molar-refractivity contribution is 5.72. The number of anilines is 1. The van der Waals surface area contributed by atoms with E-state index in [0.29, 0.717) is 11.3 Å². The van der Waals surface area contributed by atoms with E-state index in [1.807, 2.05) is 0 Å². The molecule has 0 bridgehead atoms. The lowest BCUT2D eigenvalue weighted by Crippen LogP contribution is -2.08. The fourth-order valence-electron chi connectivity index (χ4n) is 1.63. The first kappa shape index (κ1) is 13.1. The van der Waals surface area contributed by atoms with Gasteiger partial charge in [0.1, 0.15) is 12.4 Å². The van der Waals surface area contributed by atoms with E-state index in [4.69, 9.17) is 10.5 Å². The normalized spacial score (nSPS) is 10.2. The number of hydrogen-bond donors (Lipinski definition) is 1. The summed E-state index contributed by atoms with van der Waals surface area (Å²) in [5.41, 5.74) is 7.37. The average Bonchev–Trinajstić information content (AvgIpc) is 2.40. The van der Waals surface area contributed by atoms with Crippen LogP contribution in [0.3, 0.4) is 0 Å². The zero-order chi connectivity index (χ0) is 13.7. The van der Waals surface area contributed by atoms with Gasteiger partial charge in [-0.25, -0.2) is 4.39 Å². The summed E-state index contributed by atoms with van der Waals surface area (Å²) in [6.45, 7) is -0.0551. The van der Waals surface area contributed by atoms with Crippen LogP contribution < -0.4 is 5.73 Å². The molecule has 2 rings (SSSR count). The molecule has 19 heavy (non-hydrogen) atoms. The molecule has 0 aliphatic rings. The lowest BCUT2D eigenvalue weighted by molar-refractivity contribution is -0.144. The molecule has 2 N–H and O–H groups in total. The van der Waals surface area contributed by atoms with Gasteiger partial charge in [-0.05, 0) is 23.8 Å². The highest BCUT2D eigenvalue weighted by Crippen LogP contribution is 2.10. The highest BCUT2D eigenvalue weighted by atomic mass is 19.1. The van der Waals surface area contributed by atoms with Gasteiger partial charge in [0.15, 0.2) is 0 Å². The maximum absolute atomic E-state index is 13.3. The van der Waals surface area contributed by atoms with Crippen molar-refractivity contribution in [3.63, 3.8) is 0 Å². The molecule has 0 saturated carbocycles. The number of carbonyl (C=O) groups is 1. The summed E-state index contributed by atoms with van der Waals surface area (Å²) in [7, 11) is 0. The van der Waals surface area contributed by atoms with Gasteiger partial charge >= 0.3 is 5.97 Å². The van der Waals surface area contributed by atoms with Gasteiger partial charge in [-0.15, -0.1) is 0 Å². The predicted molar refractivity (Wildman–Crippen MR) is 70.8 cm³/mol. The lowest BCUT2D eigenvalue weighted by Gasteiger charge is -2.06. The van der Waals surface area contributed by atoms with Crippen LogP contribution in [-0.4, -0.2) is 5.97 Å². The number of hydrogen-bond acceptors (Lipinski definition) is 3. The van der Waals surface area contributed by atoms with Crippen molar-refractivity contribution < 1.29 is 13.9 Å². The van der Waals surface area contributed by atoms with Crippen molar-refractivity contribution in [1.82, 2.24) is 0 Å². The van der Waals surface area contributed by atoms with Gasteiger partial charge in [0.25, 0.3) is 0 Å². The zero-order valence-electron chi connectivity index (χ0n) is 10.3. The van der Waals surface area contributed by atoms with Crippen molar-refractivity contribution in [2.24, 2.45) is 0 Å². The minimum atomic E-state index is -0.395. The van der Waals surface area contributed by atoms with E-state index < -0.39 is 5.97 Å². The van der Waals surface area contributed by atoms with E-state index in [2.05, 4.69) is 0 Å². The first-order chi connectivity index (χ1) is 9.15. The van der Waals surface area contributed by atoms with Crippen LogP contribution in [0.25, 0.3) is 0 Å². The van der Waals surface area contributed by atoms with Crippen LogP contribution in [0.1, 0.15) is 11.1 Å². The van der Waals surface area contributed by atoms with E-state index in [9.17, 15) is 9.18 Å². The third kappa shape index (κ3) is 3.81. The molecule has 0 aromatic heterocycles. The predicted octanol–water partition coefficient (Wildman–Crippen LogP) is 2.69. The smallest absolute Gasteiger partial charge is 0.310 e. The maximum Gasteiger partial charge on any atom is 0.310 e. The van der Waals surface area contributed by atoms with Gasteiger partial charge in [-0.3, -0.25) is 4.79 Å². The highest BCUT2D eigenvalue weighted by Gasteiger charge is 2.07. The third-order valence-corrected chi connectivity index (χ3v) is 2.67. The van der Waals surface area contributed by atoms with Gasteiger partial charge in [-0.2, -0.15) is 0 Å². The largest absolute Gasteiger partial charge is 0.460 e. The monoisotopic (exact) mass is 259 g/mol. The zero-order valence-corrected chi connectivity index (χ0v) is 10.3. The molecule has 0 aliphatic carbocycles. The standard InChI is InChI=1S/C15H14FNO2/c16-14-4-2-1-3-12(14)10-19-15(18)9-11-5-7-13(17)8-6-11/h1-8H,9-10,17H2. The molecule has 2 aromatic rings. The molecule has 2 aromatic carbocycles. The summed E-state index contributed by atoms with van der Waals surface area (Å²) in [5, 5.41) is 0. The second-order valence-electron chi connectivity index (χ2n) is 4.17. The molecule has 98 valence electrons. The Morgan fingerprint density at radius 3 is 2.47 bits per heavy atom. The summed E-state index contributed by atoms with van der Waals surface area (Å²) in [5.74, 6) is -0.768. The van der Waals surface area contributed by atoms with E-state index in [-0.39, 0.29) is 18.8 Å². The topological polar surface area (TPSA) is 52.3 Å². The SMILES string of the molecule is Nc1ccc(CC(=O)OCc2ccccc2F)cc1. The van der Waals surface area contributed by atoms with Crippen molar-refractivity contribution in [3.05, 3.63) is 65.5 Å². The number of esters is 1. The molecular formula is C15H14FNO2. The molecule has 0 amide bonds. The Morgan fingerprint density at radius 1 is 1.11 bits per heavy atom. The van der Waals surface area contributed by atoms with Crippen molar-refractivity contribution in [1.29, 1.82) is 0 Å². The van der Waals surface area contributed by atoms with Crippen LogP contribution in [0, 0.1) is 5.82 Å². The third-order valence-electron chi connectivity index (χ3n) is 2.67. The van der Waals surface area contributed by atoms with E-state index >= 15 is 0 Å². The van der Waals surface area contributed by atoms with Crippen LogP contribution in [0.2, 0.25) is 0 Å². The molecule has 0 heterocycles. The van der Waals surface area contributed by atoms with Crippen LogP contribution in [-0.2, 0) is 22.6 Å². The van der Waals surface area contributed by atoms with Gasteiger partial charge in [0, 0.05) is 11.3 Å². The molecular weight excluding hydrogens is 245 g/mol. The van der Waals surface area contributed by atoms with E-state index in [1.165, 1.54) is 6.07 Å². The van der Waals surface area contributed by atoms with Crippen molar-refractivity contribution >= 4 is 11.7 Å². The summed E-state index contributed by atoms with van der Waals surface area (Å²) in [6.07, 6.45) is 0.148. The van der Waals surface area contributed by atoms with Gasteiger partial charge < -0.3 is 10.5 Å². The molecule has 4 heteroatoms. The van der Waals surface area contributed by atoms with Crippen molar-refractivity contribution in [2.45, 2.75) is 13.0 Å². The summed E-state index contributed by atoms with van der Waals surface area (Å²) < 4.78 is 18.3. The fraction of sp³-hybridized carbons (Fsp3) is 0.133. The summed E-state index contributed by atoms with van der Waals surface area (Å²) >= 11 is 0. The van der Waals surface area contributed by atoms with Gasteiger partial charge in [0.2, 0.25) is 0 Å². The van der Waals surface area contributed by atoms with Crippen molar-refractivity contribution in [3.8, 4) is 0 Å². The van der Waals surface area contributed by atoms with Gasteiger partial charge in [0.05, 0.1) is 6.42 Å². The first-order valence-electron chi connectivity index (χ1n) is 5.88. The minimum Gasteiger partial charge on any atom is -0.460 e. The van der Waals surface area contributed by atoms with Crippen LogP contribution in [0.15, 0.2) is 48.5 Å². The molecule has 0 spiro atoms. The molecule has 3 nitrogen and oxygen atoms in total. The summed E-state index contributed by atoms with van der Waals surface area (Å²) in [4.78, 5) is 11.6. The Labute approximate surface area is 110 Å². The maximum atomic E-state index is 13.3. The van der Waals surface area contributed by atoms with Crippen LogP contribution in [0.4, 0.5) is 10.1 Å².